The van der Waals surface area contributed by atoms with Gasteiger partial charge in [-0.1, -0.05) is 43.5 Å². The zero-order chi connectivity index (χ0) is 16.8. The van der Waals surface area contributed by atoms with Gasteiger partial charge in [-0.05, 0) is 42.0 Å². The van der Waals surface area contributed by atoms with Gasteiger partial charge >= 0.3 is 0 Å². The molecule has 1 fully saturated rings. The van der Waals surface area contributed by atoms with Gasteiger partial charge in [-0.3, -0.25) is 4.79 Å². The van der Waals surface area contributed by atoms with Gasteiger partial charge in [0.15, 0.2) is 6.29 Å². The number of ether oxygens (including phenoxy) is 2. The highest BCUT2D eigenvalue weighted by Gasteiger charge is 2.15. The molecule has 0 radical (unpaired) electrons. The van der Waals surface area contributed by atoms with Crippen LogP contribution >= 0.6 is 0 Å². The molecule has 1 aliphatic carbocycles. The first-order chi connectivity index (χ1) is 11.8. The predicted octanol–water partition coefficient (Wildman–Crippen LogP) is 5.13. The Balaban J connectivity index is 1.61. The van der Waals surface area contributed by atoms with Crippen molar-refractivity contribution < 1.29 is 14.3 Å². The largest absolute Gasteiger partial charge is 0.496 e. The topological polar surface area (TPSA) is 35.5 Å². The molecule has 3 heteroatoms. The summed E-state index contributed by atoms with van der Waals surface area (Å²) in [6.07, 6.45) is 7.51. The van der Waals surface area contributed by atoms with Crippen LogP contribution < -0.4 is 9.47 Å². The molecule has 1 aliphatic rings. The van der Waals surface area contributed by atoms with E-state index in [1.807, 2.05) is 0 Å². The molecule has 3 nitrogen and oxygen atoms in total. The third-order valence-electron chi connectivity index (χ3n) is 4.79. The molecule has 1 saturated carbocycles. The number of benzene rings is 2. The molecule has 0 bridgehead atoms. The van der Waals surface area contributed by atoms with Crippen LogP contribution in [0.5, 0.6) is 11.5 Å². The van der Waals surface area contributed by atoms with E-state index < -0.39 is 0 Å². The Kier molecular flexibility index (Phi) is 5.52. The number of carbonyl (C=O) groups excluding carboxylic acids is 1. The lowest BCUT2D eigenvalue weighted by Gasteiger charge is -2.22. The van der Waals surface area contributed by atoms with Crippen LogP contribution in [-0.2, 0) is 6.61 Å². The van der Waals surface area contributed by atoms with Crippen LogP contribution in [0.15, 0.2) is 42.5 Å². The van der Waals surface area contributed by atoms with Gasteiger partial charge < -0.3 is 9.47 Å². The van der Waals surface area contributed by atoms with Gasteiger partial charge in [0, 0.05) is 6.07 Å². The monoisotopic (exact) mass is 324 g/mol. The SMILES string of the molecule is COc1cc(OCc2ccc(C3CCCCC3)cc2)ccc1C=O. The molecule has 3 rings (SSSR count). The van der Waals surface area contributed by atoms with Gasteiger partial charge in [-0.2, -0.15) is 0 Å². The van der Waals surface area contributed by atoms with E-state index >= 15 is 0 Å². The van der Waals surface area contributed by atoms with Crippen molar-refractivity contribution in [3.63, 3.8) is 0 Å². The summed E-state index contributed by atoms with van der Waals surface area (Å²) >= 11 is 0. The molecule has 0 aromatic heterocycles. The van der Waals surface area contributed by atoms with E-state index in [0.717, 1.165) is 17.8 Å². The smallest absolute Gasteiger partial charge is 0.153 e. The summed E-state index contributed by atoms with van der Waals surface area (Å²) in [5.74, 6) is 1.97. The molecule has 24 heavy (non-hydrogen) atoms. The number of aldehydes is 1. The van der Waals surface area contributed by atoms with Crippen molar-refractivity contribution in [1.29, 1.82) is 0 Å². The molecule has 0 aliphatic heterocycles. The van der Waals surface area contributed by atoms with E-state index in [9.17, 15) is 4.79 Å². The first-order valence-corrected chi connectivity index (χ1v) is 8.65. The van der Waals surface area contributed by atoms with Crippen molar-refractivity contribution in [3.8, 4) is 11.5 Å². The van der Waals surface area contributed by atoms with Crippen molar-refractivity contribution in [1.82, 2.24) is 0 Å². The zero-order valence-electron chi connectivity index (χ0n) is 14.2. The van der Waals surface area contributed by atoms with E-state index in [1.54, 1.807) is 25.3 Å². The molecular formula is C21H24O3. The van der Waals surface area contributed by atoms with Gasteiger partial charge in [0.05, 0.1) is 12.7 Å². The molecule has 0 saturated heterocycles. The fourth-order valence-electron chi connectivity index (χ4n) is 3.37. The lowest BCUT2D eigenvalue weighted by molar-refractivity contribution is 0.112. The van der Waals surface area contributed by atoms with Crippen molar-refractivity contribution >= 4 is 6.29 Å². The van der Waals surface area contributed by atoms with Crippen molar-refractivity contribution in [2.75, 3.05) is 7.11 Å². The van der Waals surface area contributed by atoms with Gasteiger partial charge in [-0.15, -0.1) is 0 Å². The average Bonchev–Trinajstić information content (AvgIpc) is 2.67. The van der Waals surface area contributed by atoms with Crippen LogP contribution in [0.1, 0.15) is 59.5 Å². The van der Waals surface area contributed by atoms with E-state index in [-0.39, 0.29) is 0 Å². The van der Waals surface area contributed by atoms with Crippen LogP contribution in [-0.4, -0.2) is 13.4 Å². The van der Waals surface area contributed by atoms with Crippen molar-refractivity contribution in [2.45, 2.75) is 44.6 Å². The molecule has 0 atom stereocenters. The highest BCUT2D eigenvalue weighted by molar-refractivity contribution is 5.79. The second kappa shape index (κ2) is 8.00. The van der Waals surface area contributed by atoms with E-state index in [4.69, 9.17) is 9.47 Å². The third-order valence-corrected chi connectivity index (χ3v) is 4.79. The minimum Gasteiger partial charge on any atom is -0.496 e. The average molecular weight is 324 g/mol. The maximum Gasteiger partial charge on any atom is 0.153 e. The Morgan fingerprint density at radius 2 is 1.79 bits per heavy atom. The fraction of sp³-hybridized carbons (Fsp3) is 0.381. The summed E-state index contributed by atoms with van der Waals surface area (Å²) in [5, 5.41) is 0. The van der Waals surface area contributed by atoms with Crippen LogP contribution in [0.2, 0.25) is 0 Å². The maximum atomic E-state index is 10.9. The molecule has 0 N–H and O–H groups in total. The Labute approximate surface area is 143 Å². The summed E-state index contributed by atoms with van der Waals surface area (Å²) in [4.78, 5) is 10.9. The van der Waals surface area contributed by atoms with Crippen molar-refractivity contribution in [2.24, 2.45) is 0 Å². The molecular weight excluding hydrogens is 300 g/mol. The fourth-order valence-corrected chi connectivity index (χ4v) is 3.37. The van der Waals surface area contributed by atoms with Gasteiger partial charge in [-0.25, -0.2) is 0 Å². The molecule has 0 unspecified atom stereocenters. The quantitative estimate of drug-likeness (QED) is 0.691. The Morgan fingerprint density at radius 1 is 1.04 bits per heavy atom. The molecule has 0 spiro atoms. The predicted molar refractivity (Wildman–Crippen MR) is 95.0 cm³/mol. The van der Waals surface area contributed by atoms with Crippen molar-refractivity contribution in [3.05, 3.63) is 59.2 Å². The molecule has 2 aromatic carbocycles. The summed E-state index contributed by atoms with van der Waals surface area (Å²) in [6, 6.07) is 14.0. The molecule has 126 valence electrons. The highest BCUT2D eigenvalue weighted by atomic mass is 16.5. The number of methoxy groups -OCH3 is 1. The lowest BCUT2D eigenvalue weighted by Crippen LogP contribution is -2.04. The Bertz CT molecular complexity index is 670. The minimum atomic E-state index is 0.508. The normalized spacial score (nSPS) is 15.0. The zero-order valence-corrected chi connectivity index (χ0v) is 14.2. The van der Waals surface area contributed by atoms with E-state index in [0.29, 0.717) is 23.7 Å². The van der Waals surface area contributed by atoms with Gasteiger partial charge in [0.1, 0.15) is 18.1 Å². The van der Waals surface area contributed by atoms with E-state index in [1.165, 1.54) is 37.7 Å². The number of rotatable bonds is 6. The van der Waals surface area contributed by atoms with Crippen LogP contribution in [0, 0.1) is 0 Å². The number of hydrogen-bond donors (Lipinski definition) is 0. The van der Waals surface area contributed by atoms with Gasteiger partial charge in [0.25, 0.3) is 0 Å². The standard InChI is InChI=1S/C21H24O3/c1-23-21-13-20(12-11-19(21)14-22)24-15-16-7-9-18(10-8-16)17-5-3-2-4-6-17/h7-14,17H,2-6,15H2,1H3. The van der Waals surface area contributed by atoms with Gasteiger partial charge in [0.2, 0.25) is 0 Å². The Hall–Kier alpha value is -2.29. The summed E-state index contributed by atoms with van der Waals surface area (Å²) in [6.45, 7) is 0.508. The number of hydrogen-bond acceptors (Lipinski definition) is 3. The Morgan fingerprint density at radius 3 is 2.46 bits per heavy atom. The van der Waals surface area contributed by atoms with Crippen LogP contribution in [0.4, 0.5) is 0 Å². The summed E-state index contributed by atoms with van der Waals surface area (Å²) in [7, 11) is 1.55. The molecule has 2 aromatic rings. The second-order valence-corrected chi connectivity index (χ2v) is 6.39. The van der Waals surface area contributed by atoms with Crippen LogP contribution in [0.25, 0.3) is 0 Å². The molecule has 0 heterocycles. The molecule has 0 amide bonds. The minimum absolute atomic E-state index is 0.508. The highest BCUT2D eigenvalue weighted by Crippen LogP contribution is 2.32. The van der Waals surface area contributed by atoms with Crippen LogP contribution in [0.3, 0.4) is 0 Å². The summed E-state index contributed by atoms with van der Waals surface area (Å²) in [5.41, 5.74) is 3.13. The van der Waals surface area contributed by atoms with E-state index in [2.05, 4.69) is 24.3 Å². The number of carbonyl (C=O) groups is 1. The second-order valence-electron chi connectivity index (χ2n) is 6.39. The summed E-state index contributed by atoms with van der Waals surface area (Å²) < 4.78 is 11.0. The first-order valence-electron chi connectivity index (χ1n) is 8.65. The lowest BCUT2D eigenvalue weighted by atomic mass is 9.84. The first kappa shape index (κ1) is 16.6. The third kappa shape index (κ3) is 3.97. The maximum absolute atomic E-state index is 10.9.